The number of rotatable bonds is 1. The van der Waals surface area contributed by atoms with Crippen LogP contribution in [0.4, 0.5) is 5.69 Å². The molecule has 0 aliphatic rings. The van der Waals surface area contributed by atoms with E-state index >= 15 is 0 Å². The van der Waals surface area contributed by atoms with Crippen molar-refractivity contribution in [2.24, 2.45) is 0 Å². The molecule has 0 saturated carbocycles. The first kappa shape index (κ1) is 8.19. The van der Waals surface area contributed by atoms with E-state index in [4.69, 9.17) is 5.73 Å². The Kier molecular flexibility index (Phi) is 1.98. The summed E-state index contributed by atoms with van der Waals surface area (Å²) < 4.78 is 0. The molecular weight excluding hydrogens is 182 g/mol. The Balaban J connectivity index is 2.57. The highest BCUT2D eigenvalue weighted by Gasteiger charge is 2.04. The van der Waals surface area contributed by atoms with E-state index in [1.807, 2.05) is 23.8 Å². The van der Waals surface area contributed by atoms with Crippen LogP contribution in [-0.4, -0.2) is 9.97 Å². The number of anilines is 1. The van der Waals surface area contributed by atoms with E-state index in [-0.39, 0.29) is 0 Å². The fourth-order valence-electron chi connectivity index (χ4n) is 1.11. The minimum atomic E-state index is 0.629. The Morgan fingerprint density at radius 2 is 2.31 bits per heavy atom. The summed E-state index contributed by atoms with van der Waals surface area (Å²) in [6.07, 6.45) is 1.65. The SMILES string of the molecule is Cc1ncc(N)c(-c2ccsc2)n1. The summed E-state index contributed by atoms with van der Waals surface area (Å²) in [5, 5.41) is 4.03. The lowest BCUT2D eigenvalue weighted by atomic mass is 10.2. The number of nitrogen functional groups attached to an aromatic ring is 1. The van der Waals surface area contributed by atoms with Crippen molar-refractivity contribution in [3.63, 3.8) is 0 Å². The predicted molar refractivity (Wildman–Crippen MR) is 54.5 cm³/mol. The lowest BCUT2D eigenvalue weighted by Gasteiger charge is -2.01. The predicted octanol–water partition coefficient (Wildman–Crippen LogP) is 2.10. The Hall–Kier alpha value is -1.42. The maximum Gasteiger partial charge on any atom is 0.126 e. The van der Waals surface area contributed by atoms with E-state index in [2.05, 4.69) is 9.97 Å². The zero-order chi connectivity index (χ0) is 9.26. The van der Waals surface area contributed by atoms with Crippen LogP contribution in [0.3, 0.4) is 0 Å². The molecule has 0 saturated heterocycles. The smallest absolute Gasteiger partial charge is 0.126 e. The van der Waals surface area contributed by atoms with Gasteiger partial charge in [0.2, 0.25) is 0 Å². The van der Waals surface area contributed by atoms with E-state index in [0.717, 1.165) is 17.1 Å². The Bertz CT molecular complexity index is 409. The van der Waals surface area contributed by atoms with Gasteiger partial charge in [-0.25, -0.2) is 9.97 Å². The third kappa shape index (κ3) is 1.53. The maximum atomic E-state index is 5.76. The van der Waals surface area contributed by atoms with E-state index in [0.29, 0.717) is 5.69 Å². The minimum absolute atomic E-state index is 0.629. The van der Waals surface area contributed by atoms with Gasteiger partial charge in [0, 0.05) is 10.9 Å². The molecule has 0 atom stereocenters. The topological polar surface area (TPSA) is 51.8 Å². The summed E-state index contributed by atoms with van der Waals surface area (Å²) in [6, 6.07) is 2.00. The van der Waals surface area contributed by atoms with Crippen molar-refractivity contribution in [1.29, 1.82) is 0 Å². The summed E-state index contributed by atoms with van der Waals surface area (Å²) in [5.41, 5.74) is 8.28. The van der Waals surface area contributed by atoms with Crippen molar-refractivity contribution in [3.05, 3.63) is 28.8 Å². The number of aryl methyl sites for hydroxylation is 1. The van der Waals surface area contributed by atoms with Crippen LogP contribution in [0.25, 0.3) is 11.3 Å². The van der Waals surface area contributed by atoms with Gasteiger partial charge in [0.1, 0.15) is 5.82 Å². The van der Waals surface area contributed by atoms with Gasteiger partial charge in [0.25, 0.3) is 0 Å². The molecule has 13 heavy (non-hydrogen) atoms. The van der Waals surface area contributed by atoms with Gasteiger partial charge in [-0.15, -0.1) is 0 Å². The van der Waals surface area contributed by atoms with Crippen molar-refractivity contribution in [2.75, 3.05) is 5.73 Å². The highest BCUT2D eigenvalue weighted by atomic mass is 32.1. The van der Waals surface area contributed by atoms with Gasteiger partial charge in [-0.3, -0.25) is 0 Å². The van der Waals surface area contributed by atoms with Gasteiger partial charge in [-0.05, 0) is 18.4 Å². The maximum absolute atomic E-state index is 5.76. The Labute approximate surface area is 80.3 Å². The quantitative estimate of drug-likeness (QED) is 0.751. The fourth-order valence-corrected chi connectivity index (χ4v) is 1.75. The standard InChI is InChI=1S/C9H9N3S/c1-6-11-4-8(10)9(12-6)7-2-3-13-5-7/h2-5H,10H2,1H3. The first-order valence-corrected chi connectivity index (χ1v) is 4.83. The molecule has 0 aliphatic heterocycles. The minimum Gasteiger partial charge on any atom is -0.396 e. The summed E-state index contributed by atoms with van der Waals surface area (Å²) in [5.74, 6) is 0.746. The fraction of sp³-hybridized carbons (Fsp3) is 0.111. The molecule has 2 aromatic heterocycles. The second-order valence-corrected chi connectivity index (χ2v) is 3.51. The molecule has 0 aromatic carbocycles. The molecule has 0 bridgehead atoms. The van der Waals surface area contributed by atoms with Crippen LogP contribution in [0.5, 0.6) is 0 Å². The second kappa shape index (κ2) is 3.14. The van der Waals surface area contributed by atoms with Crippen LogP contribution in [0.1, 0.15) is 5.82 Å². The van der Waals surface area contributed by atoms with Gasteiger partial charge in [0.05, 0.1) is 17.6 Å². The molecule has 2 rings (SSSR count). The molecule has 4 heteroatoms. The van der Waals surface area contributed by atoms with Gasteiger partial charge in [0.15, 0.2) is 0 Å². The van der Waals surface area contributed by atoms with Crippen LogP contribution in [0.2, 0.25) is 0 Å². The van der Waals surface area contributed by atoms with E-state index in [1.54, 1.807) is 17.5 Å². The Morgan fingerprint density at radius 3 is 3.00 bits per heavy atom. The Morgan fingerprint density at radius 1 is 1.46 bits per heavy atom. The molecular formula is C9H9N3S. The molecule has 2 aromatic rings. The normalized spacial score (nSPS) is 10.2. The third-order valence-corrected chi connectivity index (χ3v) is 2.42. The van der Waals surface area contributed by atoms with Gasteiger partial charge >= 0.3 is 0 Å². The van der Waals surface area contributed by atoms with E-state index < -0.39 is 0 Å². The number of nitrogens with zero attached hydrogens (tertiary/aromatic N) is 2. The summed E-state index contributed by atoms with van der Waals surface area (Å²) in [4.78, 5) is 8.30. The van der Waals surface area contributed by atoms with Crippen LogP contribution in [-0.2, 0) is 0 Å². The molecule has 2 N–H and O–H groups in total. The number of hydrogen-bond acceptors (Lipinski definition) is 4. The number of nitrogens with two attached hydrogens (primary N) is 1. The van der Waals surface area contributed by atoms with Crippen molar-refractivity contribution in [3.8, 4) is 11.3 Å². The highest BCUT2D eigenvalue weighted by molar-refractivity contribution is 7.08. The van der Waals surface area contributed by atoms with E-state index in [9.17, 15) is 0 Å². The van der Waals surface area contributed by atoms with Crippen molar-refractivity contribution in [1.82, 2.24) is 9.97 Å². The average Bonchev–Trinajstić information content (AvgIpc) is 2.61. The van der Waals surface area contributed by atoms with Crippen molar-refractivity contribution >= 4 is 17.0 Å². The number of hydrogen-bond donors (Lipinski definition) is 1. The van der Waals surface area contributed by atoms with Crippen molar-refractivity contribution in [2.45, 2.75) is 6.92 Å². The largest absolute Gasteiger partial charge is 0.396 e. The zero-order valence-electron chi connectivity index (χ0n) is 7.19. The van der Waals surface area contributed by atoms with E-state index in [1.165, 1.54) is 0 Å². The molecule has 0 spiro atoms. The lowest BCUT2D eigenvalue weighted by molar-refractivity contribution is 1.06. The molecule has 0 unspecified atom stereocenters. The molecule has 66 valence electrons. The number of thiophene rings is 1. The molecule has 0 fully saturated rings. The molecule has 0 amide bonds. The average molecular weight is 191 g/mol. The summed E-state index contributed by atoms with van der Waals surface area (Å²) >= 11 is 1.63. The highest BCUT2D eigenvalue weighted by Crippen LogP contribution is 2.24. The molecule has 0 aliphatic carbocycles. The zero-order valence-corrected chi connectivity index (χ0v) is 8.01. The summed E-state index contributed by atoms with van der Waals surface area (Å²) in [6.45, 7) is 1.86. The molecule has 0 radical (unpaired) electrons. The van der Waals surface area contributed by atoms with Gasteiger partial charge in [-0.1, -0.05) is 0 Å². The van der Waals surface area contributed by atoms with Crippen molar-refractivity contribution < 1.29 is 0 Å². The monoisotopic (exact) mass is 191 g/mol. The second-order valence-electron chi connectivity index (χ2n) is 2.73. The third-order valence-electron chi connectivity index (χ3n) is 1.73. The van der Waals surface area contributed by atoms with Gasteiger partial charge < -0.3 is 5.73 Å². The lowest BCUT2D eigenvalue weighted by Crippen LogP contribution is -1.96. The van der Waals surface area contributed by atoms with Crippen LogP contribution in [0, 0.1) is 6.92 Å². The summed E-state index contributed by atoms with van der Waals surface area (Å²) in [7, 11) is 0. The first-order chi connectivity index (χ1) is 6.27. The first-order valence-electron chi connectivity index (χ1n) is 3.89. The molecule has 3 nitrogen and oxygen atoms in total. The van der Waals surface area contributed by atoms with Crippen LogP contribution in [0.15, 0.2) is 23.0 Å². The van der Waals surface area contributed by atoms with Crippen LogP contribution < -0.4 is 5.73 Å². The number of aromatic nitrogens is 2. The molecule has 2 heterocycles. The van der Waals surface area contributed by atoms with Crippen LogP contribution >= 0.6 is 11.3 Å². The van der Waals surface area contributed by atoms with Gasteiger partial charge in [-0.2, -0.15) is 11.3 Å².